The van der Waals surface area contributed by atoms with Crippen molar-refractivity contribution in [1.29, 1.82) is 0 Å². The molecule has 366 valence electrons. The minimum absolute atomic E-state index is 0.0938. The predicted molar refractivity (Wildman–Crippen MR) is 224 cm³/mol. The molecule has 0 amide bonds. The van der Waals surface area contributed by atoms with Gasteiger partial charge in [0.05, 0.1) is 79.6 Å². The summed E-state index contributed by atoms with van der Waals surface area (Å²) in [5, 5.41) is 8.07. The van der Waals surface area contributed by atoms with Crippen molar-refractivity contribution in [2.24, 2.45) is 0 Å². The average molecular weight is 897 g/mol. The van der Waals surface area contributed by atoms with Crippen LogP contribution in [0.4, 0.5) is 0 Å². The summed E-state index contributed by atoms with van der Waals surface area (Å²) in [4.78, 5) is 98.4. The number of carbonyl (C=O) groups excluding carboxylic acids is 10. The molecule has 0 radical (unpaired) electrons. The van der Waals surface area contributed by atoms with Gasteiger partial charge in [-0.15, -0.1) is 0 Å². The van der Waals surface area contributed by atoms with Gasteiger partial charge in [0.25, 0.3) is 0 Å². The normalized spacial score (nSPS) is 7.74. The first-order chi connectivity index (χ1) is 28.2. The van der Waals surface area contributed by atoms with E-state index in [4.69, 9.17) is 5.11 Å². The molecule has 0 aliphatic rings. The van der Waals surface area contributed by atoms with Gasteiger partial charge >= 0.3 is 59.7 Å². The fourth-order valence-electron chi connectivity index (χ4n) is 2.02. The van der Waals surface area contributed by atoms with Crippen molar-refractivity contribution in [2.75, 3.05) is 73.2 Å². The summed E-state index contributed by atoms with van der Waals surface area (Å²) >= 11 is 0. The zero-order chi connectivity index (χ0) is 50.6. The number of hydrogen-bond acceptors (Lipinski definition) is 21. The second-order valence-electron chi connectivity index (χ2n) is 9.37. The highest BCUT2D eigenvalue weighted by atomic mass is 16.6. The molecule has 0 bridgehead atoms. The van der Waals surface area contributed by atoms with Crippen LogP contribution in [0.25, 0.3) is 0 Å². The number of hydrogen-bond donors (Lipinski definition) is 1. The lowest BCUT2D eigenvalue weighted by molar-refractivity contribution is -0.142. The number of aliphatic hydroxyl groups excluding tert-OH is 1. The van der Waals surface area contributed by atoms with Crippen LogP contribution in [0.1, 0.15) is 131 Å². The maximum atomic E-state index is 10.0. The molecule has 0 aliphatic carbocycles. The summed E-state index contributed by atoms with van der Waals surface area (Å²) in [7, 11) is 1.29. The third-order valence-electron chi connectivity index (χ3n) is 3.67. The number of rotatable bonds is 11. The van der Waals surface area contributed by atoms with Gasteiger partial charge in [0.15, 0.2) is 0 Å². The van der Waals surface area contributed by atoms with Crippen molar-refractivity contribution >= 4 is 59.7 Å². The van der Waals surface area contributed by atoms with Gasteiger partial charge in [-0.25, -0.2) is 0 Å². The average Bonchev–Trinajstić information content (AvgIpc) is 3.10. The summed E-state index contributed by atoms with van der Waals surface area (Å²) < 4.78 is 43.8. The zero-order valence-corrected chi connectivity index (χ0v) is 40.4. The van der Waals surface area contributed by atoms with Crippen LogP contribution in [0.2, 0.25) is 0 Å². The molecule has 61 heavy (non-hydrogen) atoms. The lowest BCUT2D eigenvalue weighted by Crippen LogP contribution is -2.01. The Bertz CT molecular complexity index is 815. The summed E-state index contributed by atoms with van der Waals surface area (Å²) in [5.41, 5.74) is 0. The molecule has 1 N–H and O–H groups in total. The van der Waals surface area contributed by atoms with Crippen molar-refractivity contribution in [1.82, 2.24) is 0 Å². The van der Waals surface area contributed by atoms with Crippen LogP contribution in [-0.2, 0) is 95.3 Å². The first kappa shape index (κ1) is 79.8. The van der Waals surface area contributed by atoms with Gasteiger partial charge in [-0.2, -0.15) is 0 Å². The summed E-state index contributed by atoms with van der Waals surface area (Å²) in [6.07, 6.45) is 0.0938. The Hall–Kier alpha value is -5.34. The molecule has 0 heterocycles. The lowest BCUT2D eigenvalue weighted by Gasteiger charge is -1.90. The van der Waals surface area contributed by atoms with Crippen LogP contribution < -0.4 is 0 Å². The van der Waals surface area contributed by atoms with Gasteiger partial charge < -0.3 is 52.5 Å². The van der Waals surface area contributed by atoms with Crippen molar-refractivity contribution < 1.29 is 100 Å². The Morgan fingerprint density at radius 2 is 0.410 bits per heavy atom. The Morgan fingerprint density at radius 1 is 0.295 bits per heavy atom. The van der Waals surface area contributed by atoms with Gasteiger partial charge in [-0.3, -0.25) is 47.9 Å². The van der Waals surface area contributed by atoms with E-state index in [1.165, 1.54) is 69.4 Å². The Labute approximate surface area is 364 Å². The van der Waals surface area contributed by atoms with Crippen LogP contribution in [0.3, 0.4) is 0 Å². The second kappa shape index (κ2) is 75.5. The fourth-order valence-corrected chi connectivity index (χ4v) is 2.02. The highest BCUT2D eigenvalue weighted by molar-refractivity contribution is 5.69. The van der Waals surface area contributed by atoms with Gasteiger partial charge in [-0.1, -0.05) is 0 Å². The van der Waals surface area contributed by atoms with Gasteiger partial charge in [0.2, 0.25) is 0 Å². The van der Waals surface area contributed by atoms with E-state index < -0.39 is 0 Å². The molecule has 0 spiro atoms. The first-order valence-electron chi connectivity index (χ1n) is 19.1. The number of methoxy groups -OCH3 is 1. The van der Waals surface area contributed by atoms with E-state index in [2.05, 4.69) is 47.4 Å². The highest BCUT2D eigenvalue weighted by Crippen LogP contribution is 1.78. The molecule has 0 aliphatic heterocycles. The minimum Gasteiger partial charge on any atom is -0.469 e. The van der Waals surface area contributed by atoms with Crippen molar-refractivity contribution in [2.45, 2.75) is 131 Å². The van der Waals surface area contributed by atoms with Crippen LogP contribution in [0, 0.1) is 0 Å². The van der Waals surface area contributed by atoms with E-state index in [-0.39, 0.29) is 72.7 Å². The van der Waals surface area contributed by atoms with Crippen LogP contribution in [-0.4, -0.2) is 138 Å². The molecule has 0 aromatic carbocycles. The molecule has 21 nitrogen and oxygen atoms in total. The summed E-state index contributed by atoms with van der Waals surface area (Å²) in [5.74, 6) is -2.27. The molecule has 0 aromatic heterocycles. The van der Waals surface area contributed by atoms with E-state index in [0.29, 0.717) is 59.5 Å². The Balaban J connectivity index is -0.0000000592. The van der Waals surface area contributed by atoms with E-state index in [1.54, 1.807) is 62.3 Å². The number of ether oxygens (including phenoxy) is 10. The maximum Gasteiger partial charge on any atom is 0.307 e. The molecule has 21 heteroatoms. The largest absolute Gasteiger partial charge is 0.469 e. The van der Waals surface area contributed by atoms with E-state index in [9.17, 15) is 47.9 Å². The second-order valence-corrected chi connectivity index (χ2v) is 9.37. The van der Waals surface area contributed by atoms with E-state index in [1.807, 2.05) is 0 Å². The molecule has 0 saturated carbocycles. The predicted octanol–water partition coefficient (Wildman–Crippen LogP) is 4.67. The molecule has 0 saturated heterocycles. The fraction of sp³-hybridized carbons (Fsp3) is 0.750. The topological polar surface area (TPSA) is 283 Å². The molecule has 0 rings (SSSR count). The van der Waals surface area contributed by atoms with Gasteiger partial charge in [-0.05, 0) is 62.3 Å². The SMILES string of the molecule is CCOC(C)=O.CCOC(C)=O.CCOC(C)=O.CCOC(C)=O.CCOC(C)=O.CCOC(C)=O.CCOC(C)=O.CCOC(C)=O.CCOC(C)=O.COC(=O)CCO. The van der Waals surface area contributed by atoms with Crippen LogP contribution in [0.5, 0.6) is 0 Å². The van der Waals surface area contributed by atoms with Crippen LogP contribution >= 0.6 is 0 Å². The van der Waals surface area contributed by atoms with Gasteiger partial charge in [0, 0.05) is 62.3 Å². The third-order valence-corrected chi connectivity index (χ3v) is 3.67. The van der Waals surface area contributed by atoms with E-state index >= 15 is 0 Å². The Kier molecular flexibility index (Phi) is 98.7. The first-order valence-corrected chi connectivity index (χ1v) is 19.1. The minimum atomic E-state index is -0.373. The van der Waals surface area contributed by atoms with Crippen molar-refractivity contribution in [3.8, 4) is 0 Å². The summed E-state index contributed by atoms with van der Waals surface area (Å²) in [6, 6.07) is 0. The molecule has 0 fully saturated rings. The monoisotopic (exact) mass is 897 g/mol. The molecule has 0 aromatic rings. The Morgan fingerprint density at radius 3 is 0.426 bits per heavy atom. The number of esters is 10. The quantitative estimate of drug-likeness (QED) is 0.218. The molecule has 0 atom stereocenters. The third kappa shape index (κ3) is 213. The highest BCUT2D eigenvalue weighted by Gasteiger charge is 1.94. The van der Waals surface area contributed by atoms with Crippen molar-refractivity contribution in [3.05, 3.63) is 0 Å². The van der Waals surface area contributed by atoms with E-state index in [0.717, 1.165) is 0 Å². The number of aliphatic hydroxyl groups is 1. The molecular weight excluding hydrogens is 816 g/mol. The number of carbonyl (C=O) groups is 10. The summed E-state index contributed by atoms with van der Waals surface area (Å²) in [6.45, 7) is 32.7. The van der Waals surface area contributed by atoms with Crippen molar-refractivity contribution in [3.63, 3.8) is 0 Å². The smallest absolute Gasteiger partial charge is 0.307 e. The maximum absolute atomic E-state index is 10.0. The standard InChI is InChI=1S/C4H8O3.9C4H8O2/c1-7-4(6)2-3-5;9*1-3-6-4(2)5/h5H,2-3H2,1H3;9*3H2,1-2H3. The lowest BCUT2D eigenvalue weighted by atomic mass is 10.5. The molecule has 0 unspecified atom stereocenters. The molecular formula is C40H80O21. The van der Waals surface area contributed by atoms with Crippen LogP contribution in [0.15, 0.2) is 0 Å². The zero-order valence-electron chi connectivity index (χ0n) is 40.4. The van der Waals surface area contributed by atoms with Gasteiger partial charge in [0.1, 0.15) is 0 Å².